The van der Waals surface area contributed by atoms with Crippen molar-refractivity contribution >= 4 is 12.4 Å². The molecule has 0 amide bonds. The fraction of sp³-hybridized carbons (Fsp3) is 0. The number of phenols is 1. The van der Waals surface area contributed by atoms with Gasteiger partial charge >= 0.3 is 0 Å². The molecule has 0 atom stereocenters. The molecule has 0 heterocycles. The second kappa shape index (κ2) is 5.68. The minimum absolute atomic E-state index is 0.105. The Balaban J connectivity index is 2.24. The standard InChI is InChI=1S/C15H12O3/c16-10-4-5-12-11-14(8-9-15(12)17)18-13-6-2-1-3-7-13/h1-11,17H/b5-4+. The Morgan fingerprint density at radius 2 is 1.78 bits per heavy atom. The van der Waals surface area contributed by atoms with E-state index in [2.05, 4.69) is 0 Å². The Morgan fingerprint density at radius 3 is 2.50 bits per heavy atom. The summed E-state index contributed by atoms with van der Waals surface area (Å²) in [7, 11) is 0. The first kappa shape index (κ1) is 11.9. The first-order valence-electron chi connectivity index (χ1n) is 5.47. The molecule has 0 fully saturated rings. The summed E-state index contributed by atoms with van der Waals surface area (Å²) in [6.07, 6.45) is 3.51. The molecule has 0 aliphatic heterocycles. The lowest BCUT2D eigenvalue weighted by Gasteiger charge is -2.07. The third kappa shape index (κ3) is 2.98. The summed E-state index contributed by atoms with van der Waals surface area (Å²) in [6, 6.07) is 14.2. The molecule has 90 valence electrons. The van der Waals surface area contributed by atoms with Crippen LogP contribution in [0.2, 0.25) is 0 Å². The molecule has 3 heteroatoms. The van der Waals surface area contributed by atoms with Crippen molar-refractivity contribution in [3.63, 3.8) is 0 Å². The zero-order valence-corrected chi connectivity index (χ0v) is 9.61. The average Bonchev–Trinajstić information content (AvgIpc) is 2.40. The molecule has 2 aromatic carbocycles. The summed E-state index contributed by atoms with van der Waals surface area (Å²) in [6.45, 7) is 0. The SMILES string of the molecule is O=C/C=C/c1cc(Oc2ccccc2)ccc1O. The van der Waals surface area contributed by atoms with Gasteiger partial charge in [0.1, 0.15) is 23.5 Å². The summed E-state index contributed by atoms with van der Waals surface area (Å²) < 4.78 is 5.62. The van der Waals surface area contributed by atoms with Crippen molar-refractivity contribution in [1.82, 2.24) is 0 Å². The van der Waals surface area contributed by atoms with Crippen LogP contribution in [0.3, 0.4) is 0 Å². The van der Waals surface area contributed by atoms with Gasteiger partial charge in [0, 0.05) is 5.56 Å². The minimum atomic E-state index is 0.105. The summed E-state index contributed by atoms with van der Waals surface area (Å²) >= 11 is 0. The van der Waals surface area contributed by atoms with E-state index in [1.54, 1.807) is 12.1 Å². The number of ether oxygens (including phenoxy) is 1. The van der Waals surface area contributed by atoms with Crippen LogP contribution in [0.15, 0.2) is 54.6 Å². The number of hydrogen-bond acceptors (Lipinski definition) is 3. The molecule has 0 aliphatic carbocycles. The van der Waals surface area contributed by atoms with Gasteiger partial charge in [0.2, 0.25) is 0 Å². The number of aromatic hydroxyl groups is 1. The number of aldehydes is 1. The third-order valence-electron chi connectivity index (χ3n) is 2.33. The van der Waals surface area contributed by atoms with Crippen LogP contribution in [-0.2, 0) is 4.79 Å². The molecule has 1 N–H and O–H groups in total. The first-order valence-corrected chi connectivity index (χ1v) is 5.47. The first-order chi connectivity index (χ1) is 8.79. The van der Waals surface area contributed by atoms with Gasteiger partial charge in [0.25, 0.3) is 0 Å². The highest BCUT2D eigenvalue weighted by atomic mass is 16.5. The van der Waals surface area contributed by atoms with Crippen LogP contribution in [0, 0.1) is 0 Å². The number of hydrogen-bond donors (Lipinski definition) is 1. The van der Waals surface area contributed by atoms with Gasteiger partial charge in [-0.05, 0) is 42.5 Å². The van der Waals surface area contributed by atoms with E-state index in [0.29, 0.717) is 23.3 Å². The van der Waals surface area contributed by atoms with Crippen LogP contribution in [-0.4, -0.2) is 11.4 Å². The van der Waals surface area contributed by atoms with E-state index < -0.39 is 0 Å². The lowest BCUT2D eigenvalue weighted by molar-refractivity contribution is -0.104. The number of allylic oxidation sites excluding steroid dienone is 1. The molecular weight excluding hydrogens is 228 g/mol. The molecule has 0 radical (unpaired) electrons. The van der Waals surface area contributed by atoms with E-state index in [9.17, 15) is 9.90 Å². The summed E-state index contributed by atoms with van der Waals surface area (Å²) in [5.41, 5.74) is 0.538. The molecule has 0 aliphatic rings. The molecular formula is C15H12O3. The fourth-order valence-electron chi connectivity index (χ4n) is 1.50. The maximum atomic E-state index is 10.3. The number of para-hydroxylation sites is 1. The Bertz CT molecular complexity index is 559. The highest BCUT2D eigenvalue weighted by molar-refractivity contribution is 5.75. The number of benzene rings is 2. The van der Waals surface area contributed by atoms with Crippen molar-refractivity contribution in [2.24, 2.45) is 0 Å². The average molecular weight is 240 g/mol. The topological polar surface area (TPSA) is 46.5 Å². The Labute approximate surface area is 105 Å². The van der Waals surface area contributed by atoms with Gasteiger partial charge in [-0.25, -0.2) is 0 Å². The summed E-state index contributed by atoms with van der Waals surface area (Å²) in [5, 5.41) is 9.60. The molecule has 18 heavy (non-hydrogen) atoms. The maximum absolute atomic E-state index is 10.3. The van der Waals surface area contributed by atoms with Crippen molar-refractivity contribution in [3.8, 4) is 17.2 Å². The largest absolute Gasteiger partial charge is 0.507 e. The lowest BCUT2D eigenvalue weighted by atomic mass is 10.2. The molecule has 2 rings (SSSR count). The van der Waals surface area contributed by atoms with Crippen LogP contribution >= 0.6 is 0 Å². The molecule has 0 unspecified atom stereocenters. The van der Waals surface area contributed by atoms with Crippen molar-refractivity contribution in [2.75, 3.05) is 0 Å². The van der Waals surface area contributed by atoms with Crippen molar-refractivity contribution in [1.29, 1.82) is 0 Å². The summed E-state index contributed by atoms with van der Waals surface area (Å²) in [4.78, 5) is 10.3. The van der Waals surface area contributed by atoms with E-state index >= 15 is 0 Å². The van der Waals surface area contributed by atoms with Crippen LogP contribution < -0.4 is 4.74 Å². The molecule has 2 aromatic rings. The maximum Gasteiger partial charge on any atom is 0.142 e. The predicted octanol–water partition coefficient (Wildman–Crippen LogP) is 3.40. The molecule has 0 aromatic heterocycles. The quantitative estimate of drug-likeness (QED) is 0.658. The van der Waals surface area contributed by atoms with Gasteiger partial charge in [-0.15, -0.1) is 0 Å². The van der Waals surface area contributed by atoms with Gasteiger partial charge in [-0.2, -0.15) is 0 Å². The van der Waals surface area contributed by atoms with Crippen LogP contribution in [0.4, 0.5) is 0 Å². The molecule has 0 spiro atoms. The molecule has 0 saturated carbocycles. The van der Waals surface area contributed by atoms with Crippen molar-refractivity contribution in [3.05, 3.63) is 60.2 Å². The number of carbonyl (C=O) groups excluding carboxylic acids is 1. The Morgan fingerprint density at radius 1 is 1.00 bits per heavy atom. The number of carbonyl (C=O) groups is 1. The highest BCUT2D eigenvalue weighted by Crippen LogP contribution is 2.27. The van der Waals surface area contributed by atoms with E-state index in [4.69, 9.17) is 4.74 Å². The van der Waals surface area contributed by atoms with Gasteiger partial charge in [0.05, 0.1) is 0 Å². The smallest absolute Gasteiger partial charge is 0.142 e. The Hall–Kier alpha value is -2.55. The molecule has 0 bridgehead atoms. The summed E-state index contributed by atoms with van der Waals surface area (Å²) in [5.74, 6) is 1.42. The monoisotopic (exact) mass is 240 g/mol. The number of phenolic OH excluding ortho intramolecular Hbond substituents is 1. The van der Waals surface area contributed by atoms with E-state index in [1.807, 2.05) is 30.3 Å². The highest BCUT2D eigenvalue weighted by Gasteiger charge is 2.01. The second-order valence-electron chi connectivity index (χ2n) is 3.63. The zero-order chi connectivity index (χ0) is 12.8. The predicted molar refractivity (Wildman–Crippen MR) is 69.7 cm³/mol. The molecule has 0 saturated heterocycles. The second-order valence-corrected chi connectivity index (χ2v) is 3.63. The van der Waals surface area contributed by atoms with E-state index in [0.717, 1.165) is 0 Å². The minimum Gasteiger partial charge on any atom is -0.507 e. The number of rotatable bonds is 4. The van der Waals surface area contributed by atoms with Crippen LogP contribution in [0.1, 0.15) is 5.56 Å². The van der Waals surface area contributed by atoms with Crippen molar-refractivity contribution < 1.29 is 14.6 Å². The normalized spacial score (nSPS) is 10.4. The van der Waals surface area contributed by atoms with E-state index in [-0.39, 0.29) is 5.75 Å². The van der Waals surface area contributed by atoms with E-state index in [1.165, 1.54) is 18.2 Å². The van der Waals surface area contributed by atoms with Crippen molar-refractivity contribution in [2.45, 2.75) is 0 Å². The van der Waals surface area contributed by atoms with Gasteiger partial charge < -0.3 is 9.84 Å². The fourth-order valence-corrected chi connectivity index (χ4v) is 1.50. The third-order valence-corrected chi connectivity index (χ3v) is 2.33. The van der Waals surface area contributed by atoms with Crippen LogP contribution in [0.5, 0.6) is 17.2 Å². The van der Waals surface area contributed by atoms with Gasteiger partial charge in [-0.3, -0.25) is 4.79 Å². The van der Waals surface area contributed by atoms with Gasteiger partial charge in [0.15, 0.2) is 0 Å². The Kier molecular flexibility index (Phi) is 3.76. The molecule has 3 nitrogen and oxygen atoms in total. The van der Waals surface area contributed by atoms with Gasteiger partial charge in [-0.1, -0.05) is 18.2 Å². The lowest BCUT2D eigenvalue weighted by Crippen LogP contribution is -1.85. The van der Waals surface area contributed by atoms with Crippen LogP contribution in [0.25, 0.3) is 6.08 Å². The zero-order valence-electron chi connectivity index (χ0n) is 9.61.